The standard InChI is InChI=1S/C13H22N2O4/c16-7-5-10-2-1-6-15(10)13(19)14-11(12(17)18)8-9-3-4-9/h9-11,16H,1-8H2,(H,14,19)(H,17,18)/t10?,11-/m0/s1. The predicted molar refractivity (Wildman–Crippen MR) is 68.7 cm³/mol. The molecule has 2 aliphatic rings. The van der Waals surface area contributed by atoms with E-state index in [1.807, 2.05) is 0 Å². The number of likely N-dealkylation sites (tertiary alicyclic amines) is 1. The second-order valence-corrected chi connectivity index (χ2v) is 5.52. The molecule has 2 fully saturated rings. The summed E-state index contributed by atoms with van der Waals surface area (Å²) in [4.78, 5) is 24.9. The summed E-state index contributed by atoms with van der Waals surface area (Å²) in [6.07, 6.45) is 5.02. The predicted octanol–water partition coefficient (Wildman–Crippen LogP) is 0.796. The molecule has 2 rings (SSSR count). The maximum Gasteiger partial charge on any atom is 0.326 e. The molecule has 1 aliphatic heterocycles. The summed E-state index contributed by atoms with van der Waals surface area (Å²) in [5.74, 6) is -0.508. The number of urea groups is 1. The molecule has 0 aromatic carbocycles. The highest BCUT2D eigenvalue weighted by molar-refractivity contribution is 5.82. The summed E-state index contributed by atoms with van der Waals surface area (Å²) in [5, 5.41) is 20.7. The highest BCUT2D eigenvalue weighted by Gasteiger charge is 2.33. The lowest BCUT2D eigenvalue weighted by atomic mass is 10.1. The molecule has 1 unspecified atom stereocenters. The third-order valence-electron chi connectivity index (χ3n) is 3.96. The molecule has 2 amide bonds. The van der Waals surface area contributed by atoms with Gasteiger partial charge in [-0.15, -0.1) is 0 Å². The Balaban J connectivity index is 1.88. The van der Waals surface area contributed by atoms with Gasteiger partial charge >= 0.3 is 12.0 Å². The van der Waals surface area contributed by atoms with Crippen LogP contribution in [0.1, 0.15) is 38.5 Å². The zero-order chi connectivity index (χ0) is 13.8. The second kappa shape index (κ2) is 6.23. The number of aliphatic hydroxyl groups is 1. The fourth-order valence-corrected chi connectivity index (χ4v) is 2.69. The molecule has 2 atom stereocenters. The summed E-state index contributed by atoms with van der Waals surface area (Å²) in [5.41, 5.74) is 0. The Hall–Kier alpha value is -1.30. The molecule has 1 saturated heterocycles. The highest BCUT2D eigenvalue weighted by atomic mass is 16.4. The van der Waals surface area contributed by atoms with Gasteiger partial charge in [-0.1, -0.05) is 12.8 Å². The summed E-state index contributed by atoms with van der Waals surface area (Å²) >= 11 is 0. The lowest BCUT2D eigenvalue weighted by Gasteiger charge is -2.26. The average Bonchev–Trinajstić information content (AvgIpc) is 3.05. The number of hydrogen-bond acceptors (Lipinski definition) is 3. The summed E-state index contributed by atoms with van der Waals surface area (Å²) in [6.45, 7) is 0.700. The van der Waals surface area contributed by atoms with E-state index in [1.165, 1.54) is 0 Å². The molecule has 0 radical (unpaired) electrons. The van der Waals surface area contributed by atoms with Gasteiger partial charge in [0.2, 0.25) is 0 Å². The quantitative estimate of drug-likeness (QED) is 0.666. The normalized spacial score (nSPS) is 24.3. The molecular formula is C13H22N2O4. The Morgan fingerprint density at radius 2 is 2.05 bits per heavy atom. The maximum atomic E-state index is 12.1. The van der Waals surface area contributed by atoms with E-state index in [0.29, 0.717) is 25.3 Å². The molecule has 19 heavy (non-hydrogen) atoms. The molecule has 6 heteroatoms. The average molecular weight is 270 g/mol. The van der Waals surface area contributed by atoms with E-state index >= 15 is 0 Å². The minimum absolute atomic E-state index is 0.0420. The van der Waals surface area contributed by atoms with Crippen molar-refractivity contribution < 1.29 is 19.8 Å². The van der Waals surface area contributed by atoms with E-state index in [2.05, 4.69) is 5.32 Å². The number of carbonyl (C=O) groups is 2. The first kappa shape index (κ1) is 14.1. The minimum Gasteiger partial charge on any atom is -0.480 e. The number of carbonyl (C=O) groups excluding carboxylic acids is 1. The van der Waals surface area contributed by atoms with Crippen LogP contribution >= 0.6 is 0 Å². The van der Waals surface area contributed by atoms with Crippen LogP contribution in [0.4, 0.5) is 4.79 Å². The summed E-state index contributed by atoms with van der Waals surface area (Å²) in [7, 11) is 0. The topological polar surface area (TPSA) is 89.9 Å². The van der Waals surface area contributed by atoms with Crippen LogP contribution in [0.15, 0.2) is 0 Å². The first-order valence-electron chi connectivity index (χ1n) is 7.02. The Morgan fingerprint density at radius 3 is 2.63 bits per heavy atom. The molecule has 1 heterocycles. The van der Waals surface area contributed by atoms with Gasteiger partial charge in [-0.3, -0.25) is 0 Å². The molecule has 108 valence electrons. The fourth-order valence-electron chi connectivity index (χ4n) is 2.69. The maximum absolute atomic E-state index is 12.1. The number of rotatable bonds is 6. The first-order chi connectivity index (χ1) is 9.11. The van der Waals surface area contributed by atoms with Gasteiger partial charge in [-0.2, -0.15) is 0 Å². The third-order valence-corrected chi connectivity index (χ3v) is 3.96. The van der Waals surface area contributed by atoms with Crippen LogP contribution < -0.4 is 5.32 Å². The van der Waals surface area contributed by atoms with E-state index in [0.717, 1.165) is 25.7 Å². The number of amides is 2. The summed E-state index contributed by atoms with van der Waals surface area (Å²) in [6, 6.07) is -1.04. The van der Waals surface area contributed by atoms with Crippen LogP contribution in [0, 0.1) is 5.92 Å². The lowest BCUT2D eigenvalue weighted by Crippen LogP contribution is -2.49. The van der Waals surface area contributed by atoms with Gasteiger partial charge in [0.05, 0.1) is 0 Å². The minimum atomic E-state index is -0.960. The van der Waals surface area contributed by atoms with Crippen molar-refractivity contribution in [2.75, 3.05) is 13.2 Å². The Kier molecular flexibility index (Phi) is 4.63. The Morgan fingerprint density at radius 1 is 1.32 bits per heavy atom. The van der Waals surface area contributed by atoms with E-state index in [9.17, 15) is 9.59 Å². The van der Waals surface area contributed by atoms with Crippen LogP contribution in [0.3, 0.4) is 0 Å². The monoisotopic (exact) mass is 270 g/mol. The Labute approximate surface area is 112 Å². The van der Waals surface area contributed by atoms with Crippen LogP contribution in [0.25, 0.3) is 0 Å². The number of aliphatic carboxylic acids is 1. The van der Waals surface area contributed by atoms with Gasteiger partial charge in [-0.05, 0) is 31.6 Å². The molecule has 0 aromatic heterocycles. The van der Waals surface area contributed by atoms with Crippen molar-refractivity contribution in [2.45, 2.75) is 50.6 Å². The van der Waals surface area contributed by atoms with Crippen molar-refractivity contribution in [3.8, 4) is 0 Å². The lowest BCUT2D eigenvalue weighted by molar-refractivity contribution is -0.139. The van der Waals surface area contributed by atoms with Crippen LogP contribution in [0.2, 0.25) is 0 Å². The second-order valence-electron chi connectivity index (χ2n) is 5.52. The SMILES string of the molecule is O=C(O)[C@H](CC1CC1)NC(=O)N1CCCC1CCO. The van der Waals surface area contributed by atoms with E-state index in [-0.39, 0.29) is 18.7 Å². The number of carboxylic acid groups (broad SMARTS) is 1. The smallest absolute Gasteiger partial charge is 0.326 e. The van der Waals surface area contributed by atoms with Crippen molar-refractivity contribution in [3.63, 3.8) is 0 Å². The molecule has 3 N–H and O–H groups in total. The van der Waals surface area contributed by atoms with Gasteiger partial charge in [0.25, 0.3) is 0 Å². The van der Waals surface area contributed by atoms with Crippen molar-refractivity contribution in [3.05, 3.63) is 0 Å². The van der Waals surface area contributed by atoms with Gasteiger partial charge in [-0.25, -0.2) is 9.59 Å². The first-order valence-corrected chi connectivity index (χ1v) is 7.02. The molecule has 1 aliphatic carbocycles. The van der Waals surface area contributed by atoms with E-state index in [1.54, 1.807) is 4.90 Å². The van der Waals surface area contributed by atoms with E-state index < -0.39 is 12.0 Å². The number of nitrogens with zero attached hydrogens (tertiary/aromatic N) is 1. The van der Waals surface area contributed by atoms with Gasteiger partial charge in [0, 0.05) is 19.2 Å². The van der Waals surface area contributed by atoms with Crippen molar-refractivity contribution in [1.82, 2.24) is 10.2 Å². The molecule has 0 bridgehead atoms. The Bertz CT molecular complexity index is 344. The molecule has 0 aromatic rings. The zero-order valence-corrected chi connectivity index (χ0v) is 11.0. The van der Waals surface area contributed by atoms with Crippen LogP contribution in [0.5, 0.6) is 0 Å². The number of nitrogens with one attached hydrogen (secondary N) is 1. The molecule has 1 saturated carbocycles. The number of hydrogen-bond donors (Lipinski definition) is 3. The third kappa shape index (κ3) is 3.83. The number of aliphatic hydroxyl groups excluding tert-OH is 1. The van der Waals surface area contributed by atoms with Crippen LogP contribution in [-0.4, -0.2) is 52.3 Å². The van der Waals surface area contributed by atoms with Crippen molar-refractivity contribution in [2.24, 2.45) is 5.92 Å². The summed E-state index contributed by atoms with van der Waals surface area (Å²) < 4.78 is 0. The van der Waals surface area contributed by atoms with E-state index in [4.69, 9.17) is 10.2 Å². The van der Waals surface area contributed by atoms with Crippen molar-refractivity contribution >= 4 is 12.0 Å². The fraction of sp³-hybridized carbons (Fsp3) is 0.846. The van der Waals surface area contributed by atoms with Gasteiger partial charge < -0.3 is 20.4 Å². The highest BCUT2D eigenvalue weighted by Crippen LogP contribution is 2.33. The zero-order valence-electron chi connectivity index (χ0n) is 11.0. The van der Waals surface area contributed by atoms with Gasteiger partial charge in [0.1, 0.15) is 6.04 Å². The molecular weight excluding hydrogens is 248 g/mol. The van der Waals surface area contributed by atoms with Crippen LogP contribution in [-0.2, 0) is 4.79 Å². The largest absolute Gasteiger partial charge is 0.480 e. The number of carboxylic acids is 1. The molecule has 6 nitrogen and oxygen atoms in total. The van der Waals surface area contributed by atoms with Crippen molar-refractivity contribution in [1.29, 1.82) is 0 Å². The van der Waals surface area contributed by atoms with Gasteiger partial charge in [0.15, 0.2) is 0 Å². The molecule has 0 spiro atoms.